The summed E-state index contributed by atoms with van der Waals surface area (Å²) >= 11 is 0. The van der Waals surface area contributed by atoms with Crippen molar-refractivity contribution >= 4 is 16.9 Å². The van der Waals surface area contributed by atoms with Crippen molar-refractivity contribution in [1.29, 1.82) is 0 Å². The summed E-state index contributed by atoms with van der Waals surface area (Å²) in [6, 6.07) is 14.1. The Bertz CT molecular complexity index is 1180. The first kappa shape index (κ1) is 19.8. The molecule has 0 saturated carbocycles. The van der Waals surface area contributed by atoms with Crippen LogP contribution in [0.3, 0.4) is 0 Å². The standard InChI is InChI=1S/C24H24N2O5/c1-29-17-6-4-5-16(15-17)21-20-22(27)18-7-2-3-8-19(18)31-23(20)24(28)26(21)10-9-25-11-13-30-14-12-25/h2-8,15,21H,9-14H2,1H3/p+1/t21-/m0/s1. The Morgan fingerprint density at radius 2 is 1.90 bits per heavy atom. The number of para-hydroxylation sites is 1. The number of benzene rings is 2. The fourth-order valence-corrected chi connectivity index (χ4v) is 4.54. The van der Waals surface area contributed by atoms with E-state index in [0.717, 1.165) is 38.4 Å². The van der Waals surface area contributed by atoms with Crippen LogP contribution in [-0.4, -0.2) is 57.3 Å². The molecule has 3 heterocycles. The van der Waals surface area contributed by atoms with Crippen LogP contribution < -0.4 is 15.1 Å². The zero-order chi connectivity index (χ0) is 21.4. The van der Waals surface area contributed by atoms with E-state index in [1.807, 2.05) is 30.3 Å². The van der Waals surface area contributed by atoms with Crippen molar-refractivity contribution in [2.75, 3.05) is 46.5 Å². The lowest BCUT2D eigenvalue weighted by Crippen LogP contribution is -3.14. The molecular weight excluding hydrogens is 396 g/mol. The lowest BCUT2D eigenvalue weighted by Gasteiger charge is -2.29. The smallest absolute Gasteiger partial charge is 0.291 e. The zero-order valence-electron chi connectivity index (χ0n) is 17.4. The normalized spacial score (nSPS) is 19.1. The number of nitrogens with one attached hydrogen (secondary N) is 1. The second-order valence-corrected chi connectivity index (χ2v) is 7.96. The van der Waals surface area contributed by atoms with Gasteiger partial charge in [0.2, 0.25) is 5.76 Å². The van der Waals surface area contributed by atoms with Crippen LogP contribution in [0.2, 0.25) is 0 Å². The summed E-state index contributed by atoms with van der Waals surface area (Å²) in [5, 5.41) is 0.489. The van der Waals surface area contributed by atoms with Crippen LogP contribution in [0.25, 0.3) is 11.0 Å². The van der Waals surface area contributed by atoms with Gasteiger partial charge >= 0.3 is 0 Å². The third-order valence-electron chi connectivity index (χ3n) is 6.19. The summed E-state index contributed by atoms with van der Waals surface area (Å²) in [4.78, 5) is 30.1. The predicted octanol–water partition coefficient (Wildman–Crippen LogP) is 1.26. The number of rotatable bonds is 5. The first-order chi connectivity index (χ1) is 15.2. The van der Waals surface area contributed by atoms with E-state index >= 15 is 0 Å². The maximum atomic E-state index is 13.5. The monoisotopic (exact) mass is 421 g/mol. The molecule has 7 heteroatoms. The van der Waals surface area contributed by atoms with Crippen molar-refractivity contribution in [3.05, 3.63) is 75.6 Å². The van der Waals surface area contributed by atoms with E-state index in [-0.39, 0.29) is 17.1 Å². The number of ether oxygens (including phenoxy) is 2. The average Bonchev–Trinajstić information content (AvgIpc) is 3.10. The number of hydrogen-bond donors (Lipinski definition) is 1. The number of nitrogens with zero attached hydrogens (tertiary/aromatic N) is 1. The topological polar surface area (TPSA) is 73.4 Å². The first-order valence-corrected chi connectivity index (χ1v) is 10.6. The molecule has 1 aromatic heterocycles. The van der Waals surface area contributed by atoms with Gasteiger partial charge in [0.05, 0.1) is 50.4 Å². The van der Waals surface area contributed by atoms with Crippen LogP contribution in [0.4, 0.5) is 0 Å². The molecule has 0 aliphatic carbocycles. The molecule has 2 aliphatic heterocycles. The Morgan fingerprint density at radius 3 is 2.71 bits per heavy atom. The van der Waals surface area contributed by atoms with Gasteiger partial charge in [-0.1, -0.05) is 24.3 Å². The minimum Gasteiger partial charge on any atom is -0.497 e. The molecule has 1 atom stereocenters. The van der Waals surface area contributed by atoms with E-state index in [2.05, 4.69) is 0 Å². The van der Waals surface area contributed by atoms with E-state index in [1.165, 1.54) is 4.90 Å². The molecule has 0 radical (unpaired) electrons. The molecule has 31 heavy (non-hydrogen) atoms. The van der Waals surface area contributed by atoms with E-state index < -0.39 is 6.04 Å². The quantitative estimate of drug-likeness (QED) is 0.672. The van der Waals surface area contributed by atoms with E-state index in [4.69, 9.17) is 13.9 Å². The number of amides is 1. The molecule has 1 amide bonds. The Labute approximate surface area is 179 Å². The molecule has 5 rings (SSSR count). The summed E-state index contributed by atoms with van der Waals surface area (Å²) in [6.45, 7) is 4.61. The molecule has 3 aromatic rings. The molecule has 1 fully saturated rings. The van der Waals surface area contributed by atoms with E-state index in [9.17, 15) is 9.59 Å². The fourth-order valence-electron chi connectivity index (χ4n) is 4.54. The highest BCUT2D eigenvalue weighted by Gasteiger charge is 2.43. The molecule has 7 nitrogen and oxygen atoms in total. The number of fused-ring (bicyclic) bond motifs is 2. The maximum absolute atomic E-state index is 13.5. The predicted molar refractivity (Wildman–Crippen MR) is 115 cm³/mol. The van der Waals surface area contributed by atoms with Gasteiger partial charge in [-0.3, -0.25) is 9.59 Å². The van der Waals surface area contributed by atoms with Crippen LogP contribution in [0.1, 0.15) is 27.7 Å². The Morgan fingerprint density at radius 1 is 1.10 bits per heavy atom. The van der Waals surface area contributed by atoms with Gasteiger partial charge < -0.3 is 23.7 Å². The van der Waals surface area contributed by atoms with Gasteiger partial charge in [0.25, 0.3) is 5.91 Å². The molecule has 1 N–H and O–H groups in total. The van der Waals surface area contributed by atoms with Crippen LogP contribution in [-0.2, 0) is 4.74 Å². The number of carbonyl (C=O) groups is 1. The van der Waals surface area contributed by atoms with Crippen molar-refractivity contribution in [3.63, 3.8) is 0 Å². The first-order valence-electron chi connectivity index (χ1n) is 10.6. The highest BCUT2D eigenvalue weighted by Crippen LogP contribution is 2.38. The third kappa shape index (κ3) is 3.49. The second kappa shape index (κ2) is 8.17. The zero-order valence-corrected chi connectivity index (χ0v) is 17.4. The molecule has 160 valence electrons. The van der Waals surface area contributed by atoms with Crippen LogP contribution in [0, 0.1) is 0 Å². The third-order valence-corrected chi connectivity index (χ3v) is 6.19. The highest BCUT2D eigenvalue weighted by atomic mass is 16.5. The SMILES string of the molecule is COc1cccc([C@H]2c3c(oc4ccccc4c3=O)C(=O)N2CC[NH+]2CCOCC2)c1. The Balaban J connectivity index is 1.60. The van der Waals surface area contributed by atoms with E-state index in [1.54, 1.807) is 30.2 Å². The summed E-state index contributed by atoms with van der Waals surface area (Å²) in [5.74, 6) is 0.592. The second-order valence-electron chi connectivity index (χ2n) is 7.96. The van der Waals surface area contributed by atoms with Gasteiger partial charge in [0.15, 0.2) is 5.43 Å². The van der Waals surface area contributed by atoms with Gasteiger partial charge in [-0.2, -0.15) is 0 Å². The lowest BCUT2D eigenvalue weighted by molar-refractivity contribution is -0.907. The van der Waals surface area contributed by atoms with E-state index in [0.29, 0.717) is 28.8 Å². The molecular formula is C24H25N2O5+. The van der Waals surface area contributed by atoms with Crippen molar-refractivity contribution < 1.29 is 23.6 Å². The van der Waals surface area contributed by atoms with Crippen molar-refractivity contribution in [1.82, 2.24) is 4.90 Å². The Kier molecular flexibility index (Phi) is 5.21. The summed E-state index contributed by atoms with van der Waals surface area (Å²) in [5.41, 5.74) is 1.53. The van der Waals surface area contributed by atoms with Crippen LogP contribution in [0.5, 0.6) is 5.75 Å². The average molecular weight is 421 g/mol. The summed E-state index contributed by atoms with van der Waals surface area (Å²) in [7, 11) is 1.61. The fraction of sp³-hybridized carbons (Fsp3) is 0.333. The molecule has 2 aromatic carbocycles. The van der Waals surface area contributed by atoms with Gasteiger partial charge in [0.1, 0.15) is 24.4 Å². The van der Waals surface area contributed by atoms with Crippen molar-refractivity contribution in [2.24, 2.45) is 0 Å². The van der Waals surface area contributed by atoms with Crippen molar-refractivity contribution in [3.8, 4) is 5.75 Å². The van der Waals surface area contributed by atoms with Gasteiger partial charge in [-0.05, 0) is 29.8 Å². The highest BCUT2D eigenvalue weighted by molar-refractivity contribution is 5.99. The summed E-state index contributed by atoms with van der Waals surface area (Å²) in [6.07, 6.45) is 0. The molecule has 0 spiro atoms. The van der Waals surface area contributed by atoms with Gasteiger partial charge in [-0.15, -0.1) is 0 Å². The molecule has 1 saturated heterocycles. The number of hydrogen-bond acceptors (Lipinski definition) is 5. The Hall–Kier alpha value is -3.16. The maximum Gasteiger partial charge on any atom is 0.291 e. The number of carbonyl (C=O) groups excluding carboxylic acids is 1. The van der Waals surface area contributed by atoms with Crippen LogP contribution in [0.15, 0.2) is 57.7 Å². The molecule has 0 bridgehead atoms. The number of methoxy groups -OCH3 is 1. The molecule has 0 unspecified atom stereocenters. The van der Waals surface area contributed by atoms with Crippen molar-refractivity contribution in [2.45, 2.75) is 6.04 Å². The van der Waals surface area contributed by atoms with Crippen LogP contribution >= 0.6 is 0 Å². The number of morpholine rings is 1. The van der Waals surface area contributed by atoms with Gasteiger partial charge in [-0.25, -0.2) is 0 Å². The number of quaternary nitrogens is 1. The minimum atomic E-state index is -0.501. The summed E-state index contributed by atoms with van der Waals surface area (Å²) < 4.78 is 16.8. The minimum absolute atomic E-state index is 0.147. The molecule has 2 aliphatic rings. The largest absolute Gasteiger partial charge is 0.497 e. The lowest BCUT2D eigenvalue weighted by atomic mass is 9.98. The van der Waals surface area contributed by atoms with Gasteiger partial charge in [0, 0.05) is 0 Å².